The van der Waals surface area contributed by atoms with Crippen LogP contribution in [0.25, 0.3) is 0 Å². The molecule has 0 aromatic heterocycles. The van der Waals surface area contributed by atoms with E-state index in [-0.39, 0.29) is 22.6 Å². The van der Waals surface area contributed by atoms with Crippen molar-refractivity contribution >= 4 is 27.3 Å². The van der Waals surface area contributed by atoms with E-state index in [9.17, 15) is 13.2 Å². The van der Waals surface area contributed by atoms with E-state index in [1.165, 1.54) is 0 Å². The molecule has 0 bridgehead atoms. The van der Waals surface area contributed by atoms with Gasteiger partial charge in [0.05, 0.1) is 10.6 Å². The number of aryl methyl sites for hydroxylation is 1. The third kappa shape index (κ3) is 3.41. The Morgan fingerprint density at radius 1 is 1.18 bits per heavy atom. The fourth-order valence-corrected chi connectivity index (χ4v) is 5.04. The summed E-state index contributed by atoms with van der Waals surface area (Å²) in [6.45, 7) is 6.64. The molecule has 0 atom stereocenters. The average Bonchev–Trinajstić information content (AvgIpc) is 3.41. The van der Waals surface area contributed by atoms with E-state index in [1.54, 1.807) is 18.2 Å². The summed E-state index contributed by atoms with van der Waals surface area (Å²) in [5.41, 5.74) is 4.31. The van der Waals surface area contributed by atoms with Crippen molar-refractivity contribution in [3.05, 3.63) is 53.1 Å². The number of nitrogens with zero attached hydrogens (tertiary/aromatic N) is 1. The van der Waals surface area contributed by atoms with Gasteiger partial charge in [0.2, 0.25) is 5.91 Å². The lowest BCUT2D eigenvalue weighted by atomic mass is 9.99. The molecule has 148 valence electrons. The predicted octanol–water partition coefficient (Wildman–Crippen LogP) is 4.22. The van der Waals surface area contributed by atoms with Gasteiger partial charge >= 0.3 is 0 Å². The van der Waals surface area contributed by atoms with E-state index >= 15 is 0 Å². The van der Waals surface area contributed by atoms with Crippen molar-refractivity contribution in [1.29, 1.82) is 0 Å². The fourth-order valence-electron chi connectivity index (χ4n) is 3.83. The first-order valence-corrected chi connectivity index (χ1v) is 11.3. The maximum atomic E-state index is 13.1. The lowest BCUT2D eigenvalue weighted by Crippen LogP contribution is -2.30. The summed E-state index contributed by atoms with van der Waals surface area (Å²) < 4.78 is 28.9. The Kier molecular flexibility index (Phi) is 4.70. The van der Waals surface area contributed by atoms with Crippen LogP contribution in [-0.2, 0) is 21.2 Å². The van der Waals surface area contributed by atoms with Crippen LogP contribution < -0.4 is 9.62 Å². The number of anilines is 2. The maximum Gasteiger partial charge on any atom is 0.261 e. The van der Waals surface area contributed by atoms with Crippen LogP contribution in [0.3, 0.4) is 0 Å². The molecule has 2 aromatic carbocycles. The minimum absolute atomic E-state index is 0.159. The first-order valence-electron chi connectivity index (χ1n) is 9.84. The molecule has 0 spiro atoms. The Balaban J connectivity index is 1.64. The van der Waals surface area contributed by atoms with Gasteiger partial charge in [-0.25, -0.2) is 8.42 Å². The molecule has 2 aliphatic rings. The number of para-hydroxylation sites is 1. The van der Waals surface area contributed by atoms with Crippen LogP contribution in [-0.4, -0.2) is 20.9 Å². The number of rotatable bonds is 5. The molecule has 1 aliphatic heterocycles. The lowest BCUT2D eigenvalue weighted by molar-refractivity contribution is -0.119. The number of amides is 1. The minimum Gasteiger partial charge on any atom is -0.312 e. The second kappa shape index (κ2) is 6.92. The van der Waals surface area contributed by atoms with Gasteiger partial charge in [0.25, 0.3) is 10.0 Å². The fraction of sp³-hybridized carbons (Fsp3) is 0.409. The summed E-state index contributed by atoms with van der Waals surface area (Å²) in [6, 6.07) is 10.9. The quantitative estimate of drug-likeness (QED) is 0.820. The van der Waals surface area contributed by atoms with Gasteiger partial charge < -0.3 is 4.90 Å². The number of hydrogen-bond donors (Lipinski definition) is 1. The van der Waals surface area contributed by atoms with Crippen molar-refractivity contribution < 1.29 is 13.2 Å². The molecule has 1 amide bonds. The number of carbonyl (C=O) groups excluding carboxylic acids is 1. The molecule has 5 nitrogen and oxygen atoms in total. The Bertz CT molecular complexity index is 1040. The largest absolute Gasteiger partial charge is 0.312 e. The summed E-state index contributed by atoms with van der Waals surface area (Å²) in [7, 11) is -3.71. The topological polar surface area (TPSA) is 66.5 Å². The Morgan fingerprint density at radius 3 is 2.61 bits per heavy atom. The van der Waals surface area contributed by atoms with Crippen LogP contribution in [0, 0.1) is 12.8 Å². The van der Waals surface area contributed by atoms with E-state index in [4.69, 9.17) is 0 Å². The first kappa shape index (κ1) is 19.0. The number of carbonyl (C=O) groups is 1. The zero-order valence-electron chi connectivity index (χ0n) is 16.5. The lowest BCUT2D eigenvalue weighted by Gasteiger charge is -2.19. The van der Waals surface area contributed by atoms with Gasteiger partial charge in [0.15, 0.2) is 0 Å². The van der Waals surface area contributed by atoms with Crippen LogP contribution in [0.5, 0.6) is 0 Å². The standard InChI is InChI=1S/C22H26N2O3S/c1-14(2)19-6-4-5-15(3)21(19)23-28(26,27)18-9-10-20-17(13-18)11-12-24(20)22(25)16-7-8-16/h4-6,9-10,13-14,16,23H,7-8,11-12H2,1-3H3. The van der Waals surface area contributed by atoms with Crippen molar-refractivity contribution in [2.45, 2.75) is 50.8 Å². The summed E-state index contributed by atoms with van der Waals surface area (Å²) in [5, 5.41) is 0. The molecule has 2 aromatic rings. The maximum absolute atomic E-state index is 13.1. The Morgan fingerprint density at radius 2 is 1.93 bits per heavy atom. The van der Waals surface area contributed by atoms with E-state index < -0.39 is 10.0 Å². The van der Waals surface area contributed by atoms with Crippen molar-refractivity contribution in [2.24, 2.45) is 5.92 Å². The molecule has 1 heterocycles. The van der Waals surface area contributed by atoms with E-state index in [1.807, 2.05) is 43.9 Å². The molecule has 4 rings (SSSR count). The zero-order valence-corrected chi connectivity index (χ0v) is 17.3. The number of fused-ring (bicyclic) bond motifs is 1. The molecule has 0 saturated heterocycles. The molecule has 1 fully saturated rings. The van der Waals surface area contributed by atoms with Crippen molar-refractivity contribution in [3.8, 4) is 0 Å². The summed E-state index contributed by atoms with van der Waals surface area (Å²) in [5.74, 6) is 0.542. The summed E-state index contributed by atoms with van der Waals surface area (Å²) in [6.07, 6.45) is 2.63. The molecule has 0 unspecified atom stereocenters. The monoisotopic (exact) mass is 398 g/mol. The molecular formula is C22H26N2O3S. The Hall–Kier alpha value is -2.34. The molecule has 0 radical (unpaired) electrons. The van der Waals surface area contributed by atoms with Crippen LogP contribution >= 0.6 is 0 Å². The van der Waals surface area contributed by atoms with Gasteiger partial charge in [0, 0.05) is 18.2 Å². The third-order valence-corrected chi connectivity index (χ3v) is 6.96. The van der Waals surface area contributed by atoms with Gasteiger partial charge in [0.1, 0.15) is 0 Å². The molecular weight excluding hydrogens is 372 g/mol. The first-order chi connectivity index (χ1) is 13.3. The molecule has 28 heavy (non-hydrogen) atoms. The highest BCUT2D eigenvalue weighted by Gasteiger charge is 2.36. The average molecular weight is 399 g/mol. The van der Waals surface area contributed by atoms with Crippen LogP contribution in [0.1, 0.15) is 49.3 Å². The number of benzene rings is 2. The second-order valence-electron chi connectivity index (χ2n) is 8.10. The Labute approximate surface area is 166 Å². The van der Waals surface area contributed by atoms with Gasteiger partial charge in [-0.1, -0.05) is 32.0 Å². The summed E-state index contributed by atoms with van der Waals surface area (Å²) in [4.78, 5) is 14.5. The molecule has 1 saturated carbocycles. The third-order valence-electron chi connectivity index (χ3n) is 5.61. The normalized spacial score (nSPS) is 16.4. The molecule has 1 N–H and O–H groups in total. The number of hydrogen-bond acceptors (Lipinski definition) is 3. The smallest absolute Gasteiger partial charge is 0.261 e. The zero-order chi connectivity index (χ0) is 20.1. The highest BCUT2D eigenvalue weighted by Crippen LogP contribution is 2.37. The van der Waals surface area contributed by atoms with Crippen molar-refractivity contribution in [1.82, 2.24) is 0 Å². The number of sulfonamides is 1. The minimum atomic E-state index is -3.71. The van der Waals surface area contributed by atoms with E-state index in [0.717, 1.165) is 35.2 Å². The molecule has 1 aliphatic carbocycles. The SMILES string of the molecule is Cc1cccc(C(C)C)c1NS(=O)(=O)c1ccc2c(c1)CCN2C(=O)C1CC1. The van der Waals surface area contributed by atoms with Crippen molar-refractivity contribution in [3.63, 3.8) is 0 Å². The van der Waals surface area contributed by atoms with Crippen LogP contribution in [0.2, 0.25) is 0 Å². The van der Waals surface area contributed by atoms with Gasteiger partial charge in [-0.15, -0.1) is 0 Å². The number of nitrogens with one attached hydrogen (secondary N) is 1. The van der Waals surface area contributed by atoms with Gasteiger partial charge in [-0.3, -0.25) is 9.52 Å². The van der Waals surface area contributed by atoms with Crippen LogP contribution in [0.4, 0.5) is 11.4 Å². The van der Waals surface area contributed by atoms with E-state index in [0.29, 0.717) is 18.7 Å². The predicted molar refractivity (Wildman–Crippen MR) is 111 cm³/mol. The van der Waals surface area contributed by atoms with Crippen molar-refractivity contribution in [2.75, 3.05) is 16.2 Å². The highest BCUT2D eigenvalue weighted by molar-refractivity contribution is 7.92. The highest BCUT2D eigenvalue weighted by atomic mass is 32.2. The summed E-state index contributed by atoms with van der Waals surface area (Å²) >= 11 is 0. The van der Waals surface area contributed by atoms with Gasteiger partial charge in [-0.05, 0) is 67.0 Å². The van der Waals surface area contributed by atoms with Crippen LogP contribution in [0.15, 0.2) is 41.3 Å². The van der Waals surface area contributed by atoms with E-state index in [2.05, 4.69) is 4.72 Å². The molecule has 6 heteroatoms. The van der Waals surface area contributed by atoms with Gasteiger partial charge in [-0.2, -0.15) is 0 Å². The second-order valence-corrected chi connectivity index (χ2v) is 9.79.